The quantitative estimate of drug-likeness (QED) is 0.514. The van der Waals surface area contributed by atoms with E-state index in [0.29, 0.717) is 5.39 Å². The molecule has 0 spiro atoms. The van der Waals surface area contributed by atoms with Crippen LogP contribution >= 0.6 is 23.1 Å². The number of halogens is 3. The van der Waals surface area contributed by atoms with Crippen molar-refractivity contribution >= 4 is 33.3 Å². The van der Waals surface area contributed by atoms with Crippen molar-refractivity contribution in [2.45, 2.75) is 43.2 Å². The van der Waals surface area contributed by atoms with Gasteiger partial charge in [-0.05, 0) is 61.3 Å². The van der Waals surface area contributed by atoms with Crippen molar-refractivity contribution in [3.63, 3.8) is 0 Å². The summed E-state index contributed by atoms with van der Waals surface area (Å²) in [6.45, 7) is 2.03. The van der Waals surface area contributed by atoms with E-state index in [-0.39, 0.29) is 16.4 Å². The Morgan fingerprint density at radius 3 is 2.59 bits per heavy atom. The van der Waals surface area contributed by atoms with Gasteiger partial charge in [-0.3, -0.25) is 9.36 Å². The molecule has 0 bridgehead atoms. The van der Waals surface area contributed by atoms with Gasteiger partial charge in [-0.15, -0.1) is 23.1 Å². The van der Waals surface area contributed by atoms with Crippen LogP contribution in [0.15, 0.2) is 34.0 Å². The molecule has 2 heterocycles. The van der Waals surface area contributed by atoms with E-state index in [2.05, 4.69) is 4.98 Å². The van der Waals surface area contributed by atoms with Crippen LogP contribution in [-0.4, -0.2) is 15.8 Å². The minimum Gasteiger partial charge on any atom is -0.268 e. The lowest BCUT2D eigenvalue weighted by Gasteiger charge is -2.19. The van der Waals surface area contributed by atoms with Crippen molar-refractivity contribution in [1.29, 1.82) is 0 Å². The largest absolute Gasteiger partial charge is 0.450 e. The molecule has 0 radical (unpaired) electrons. The van der Waals surface area contributed by atoms with Gasteiger partial charge in [0, 0.05) is 9.77 Å². The van der Waals surface area contributed by atoms with Crippen LogP contribution in [0.3, 0.4) is 0 Å². The second-order valence-corrected chi connectivity index (χ2v) is 8.65. The average molecular weight is 410 g/mol. The molecular formula is C19H17F3N2OS2. The number of hydrogen-bond donors (Lipinski definition) is 0. The highest BCUT2D eigenvalue weighted by atomic mass is 32.2. The van der Waals surface area contributed by atoms with E-state index in [0.717, 1.165) is 39.2 Å². The van der Waals surface area contributed by atoms with E-state index in [9.17, 15) is 18.0 Å². The van der Waals surface area contributed by atoms with Crippen LogP contribution in [-0.2, 0) is 12.6 Å². The van der Waals surface area contributed by atoms with Crippen LogP contribution in [0.1, 0.15) is 41.9 Å². The standard InChI is InChI=1S/C19H17F3N2OS2/c1-10-4-3-5-13-14(10)15-16(27-13)23-18(19(20,21)22)24(17(15)25)11-6-8-12(26-2)9-7-11/h6-10H,3-5H2,1-2H3. The summed E-state index contributed by atoms with van der Waals surface area (Å²) in [5, 5.41) is 0.351. The Morgan fingerprint density at radius 1 is 1.26 bits per heavy atom. The summed E-state index contributed by atoms with van der Waals surface area (Å²) in [5.41, 5.74) is 0.445. The molecule has 0 N–H and O–H groups in total. The predicted octanol–water partition coefficient (Wildman–Crippen LogP) is 5.63. The molecule has 0 aliphatic heterocycles. The summed E-state index contributed by atoms with van der Waals surface area (Å²) in [4.78, 5) is 19.3. The average Bonchev–Trinajstić information content (AvgIpc) is 3.01. The third-order valence-corrected chi connectivity index (χ3v) is 6.86. The molecule has 3 aromatic rings. The minimum absolute atomic E-state index is 0.154. The zero-order valence-electron chi connectivity index (χ0n) is 14.8. The first kappa shape index (κ1) is 18.6. The molecule has 27 heavy (non-hydrogen) atoms. The zero-order valence-corrected chi connectivity index (χ0v) is 16.4. The topological polar surface area (TPSA) is 34.9 Å². The maximum atomic E-state index is 13.7. The van der Waals surface area contributed by atoms with Crippen LogP contribution in [0.25, 0.3) is 15.9 Å². The summed E-state index contributed by atoms with van der Waals surface area (Å²) < 4.78 is 41.9. The summed E-state index contributed by atoms with van der Waals surface area (Å²) in [6, 6.07) is 6.50. The summed E-state index contributed by atoms with van der Waals surface area (Å²) in [7, 11) is 0. The van der Waals surface area contributed by atoms with E-state index in [1.807, 2.05) is 13.2 Å². The van der Waals surface area contributed by atoms with Gasteiger partial charge in [-0.25, -0.2) is 4.98 Å². The Hall–Kier alpha value is -1.80. The molecule has 142 valence electrons. The van der Waals surface area contributed by atoms with Crippen molar-refractivity contribution in [2.75, 3.05) is 6.26 Å². The highest BCUT2D eigenvalue weighted by molar-refractivity contribution is 7.98. The lowest BCUT2D eigenvalue weighted by atomic mass is 9.88. The van der Waals surface area contributed by atoms with Gasteiger partial charge < -0.3 is 0 Å². The fourth-order valence-electron chi connectivity index (χ4n) is 3.70. The molecule has 4 rings (SSSR count). The molecule has 3 nitrogen and oxygen atoms in total. The summed E-state index contributed by atoms with van der Waals surface area (Å²) >= 11 is 2.72. The van der Waals surface area contributed by atoms with Crippen LogP contribution in [0.5, 0.6) is 0 Å². The maximum absolute atomic E-state index is 13.7. The summed E-state index contributed by atoms with van der Waals surface area (Å²) in [5.74, 6) is -1.01. The molecule has 1 aliphatic rings. The Labute approximate surface area is 162 Å². The molecule has 0 amide bonds. The lowest BCUT2D eigenvalue weighted by Crippen LogP contribution is -2.29. The van der Waals surface area contributed by atoms with E-state index in [1.165, 1.54) is 35.2 Å². The predicted molar refractivity (Wildman–Crippen MR) is 103 cm³/mol. The van der Waals surface area contributed by atoms with E-state index in [4.69, 9.17) is 0 Å². The molecule has 2 aromatic heterocycles. The van der Waals surface area contributed by atoms with Crippen LogP contribution in [0.2, 0.25) is 0 Å². The van der Waals surface area contributed by atoms with Gasteiger partial charge in [0.15, 0.2) is 0 Å². The number of fused-ring (bicyclic) bond motifs is 3. The monoisotopic (exact) mass is 410 g/mol. The molecule has 0 saturated heterocycles. The van der Waals surface area contributed by atoms with Gasteiger partial charge in [0.25, 0.3) is 5.56 Å². The third-order valence-electron chi connectivity index (χ3n) is 4.96. The SMILES string of the molecule is CSc1ccc(-n2c(C(F)(F)F)nc3sc4c(c3c2=O)C(C)CCC4)cc1. The van der Waals surface area contributed by atoms with Gasteiger partial charge in [0.1, 0.15) is 4.83 Å². The molecule has 1 unspecified atom stereocenters. The van der Waals surface area contributed by atoms with Crippen molar-refractivity contribution in [1.82, 2.24) is 9.55 Å². The number of benzene rings is 1. The zero-order chi connectivity index (χ0) is 19.3. The Bertz CT molecular complexity index is 1070. The Morgan fingerprint density at radius 2 is 1.96 bits per heavy atom. The maximum Gasteiger partial charge on any atom is 0.450 e. The molecule has 1 aliphatic carbocycles. The Balaban J connectivity index is 2.07. The normalized spacial score (nSPS) is 17.3. The first-order chi connectivity index (χ1) is 12.8. The molecule has 0 saturated carbocycles. The number of thiophene rings is 1. The van der Waals surface area contributed by atoms with Gasteiger partial charge in [0.05, 0.1) is 11.1 Å². The van der Waals surface area contributed by atoms with Crippen molar-refractivity contribution < 1.29 is 13.2 Å². The number of thioether (sulfide) groups is 1. The molecular weight excluding hydrogens is 393 g/mol. The second kappa shape index (κ2) is 6.67. The smallest absolute Gasteiger partial charge is 0.268 e. The number of aromatic nitrogens is 2. The number of aryl methyl sites for hydroxylation is 1. The second-order valence-electron chi connectivity index (χ2n) is 6.68. The molecule has 1 atom stereocenters. The third kappa shape index (κ3) is 3.08. The van der Waals surface area contributed by atoms with E-state index >= 15 is 0 Å². The van der Waals surface area contributed by atoms with Crippen molar-refractivity contribution in [2.24, 2.45) is 0 Å². The molecule has 0 fully saturated rings. The van der Waals surface area contributed by atoms with Crippen LogP contribution in [0.4, 0.5) is 13.2 Å². The minimum atomic E-state index is -4.72. The first-order valence-electron chi connectivity index (χ1n) is 8.61. The fourth-order valence-corrected chi connectivity index (χ4v) is 5.43. The fraction of sp³-hybridized carbons (Fsp3) is 0.368. The highest BCUT2D eigenvalue weighted by Crippen LogP contribution is 2.41. The van der Waals surface area contributed by atoms with Gasteiger partial charge in [0.2, 0.25) is 5.82 Å². The number of hydrogen-bond acceptors (Lipinski definition) is 4. The number of rotatable bonds is 2. The summed E-state index contributed by atoms with van der Waals surface area (Å²) in [6.07, 6.45) is -0.125. The van der Waals surface area contributed by atoms with Crippen molar-refractivity contribution in [3.8, 4) is 5.69 Å². The van der Waals surface area contributed by atoms with Crippen LogP contribution < -0.4 is 5.56 Å². The Kier molecular flexibility index (Phi) is 4.58. The first-order valence-corrected chi connectivity index (χ1v) is 10.7. The number of nitrogens with zero attached hydrogens (tertiary/aromatic N) is 2. The van der Waals surface area contributed by atoms with Gasteiger partial charge in [-0.2, -0.15) is 13.2 Å². The van der Waals surface area contributed by atoms with Crippen molar-refractivity contribution in [3.05, 3.63) is 50.9 Å². The van der Waals surface area contributed by atoms with E-state index in [1.54, 1.807) is 12.1 Å². The molecule has 8 heteroatoms. The molecule has 1 aromatic carbocycles. The lowest BCUT2D eigenvalue weighted by molar-refractivity contribution is -0.146. The van der Waals surface area contributed by atoms with E-state index < -0.39 is 17.6 Å². The number of alkyl halides is 3. The van der Waals surface area contributed by atoms with Gasteiger partial charge in [-0.1, -0.05) is 6.92 Å². The van der Waals surface area contributed by atoms with Gasteiger partial charge >= 0.3 is 6.18 Å². The van der Waals surface area contributed by atoms with Crippen LogP contribution in [0, 0.1) is 0 Å². The highest BCUT2D eigenvalue weighted by Gasteiger charge is 2.39.